The topological polar surface area (TPSA) is 12.0 Å². The molecule has 1 rings (SSSR count). The summed E-state index contributed by atoms with van der Waals surface area (Å²) < 4.78 is 1.26. The quantitative estimate of drug-likeness (QED) is 0.854. The summed E-state index contributed by atoms with van der Waals surface area (Å²) in [6.45, 7) is 12.3. The van der Waals surface area contributed by atoms with Gasteiger partial charge in [-0.25, -0.2) is 0 Å². The summed E-state index contributed by atoms with van der Waals surface area (Å²) in [4.78, 5) is 0. The maximum atomic E-state index is 3.62. The molecular weight excluding hydrogens is 282 g/mol. The molecule has 92 valence electrons. The normalized spacial score (nSPS) is 16.1. The van der Waals surface area contributed by atoms with Crippen LogP contribution >= 0.6 is 27.3 Å². The molecule has 0 aliphatic carbocycles. The van der Waals surface area contributed by atoms with Crippen LogP contribution in [-0.4, -0.2) is 12.1 Å². The van der Waals surface area contributed by atoms with E-state index in [1.165, 1.54) is 10.0 Å². The molecule has 0 radical (unpaired) electrons. The van der Waals surface area contributed by atoms with E-state index < -0.39 is 0 Å². The van der Waals surface area contributed by atoms with Crippen LogP contribution in [0.25, 0.3) is 0 Å². The molecule has 0 aliphatic rings. The zero-order valence-electron chi connectivity index (χ0n) is 10.8. The highest BCUT2D eigenvalue weighted by molar-refractivity contribution is 9.10. The lowest BCUT2D eigenvalue weighted by Crippen LogP contribution is -2.39. The minimum Gasteiger partial charge on any atom is -0.312 e. The van der Waals surface area contributed by atoms with Crippen LogP contribution in [0.15, 0.2) is 15.2 Å². The first kappa shape index (κ1) is 14.2. The lowest BCUT2D eigenvalue weighted by molar-refractivity contribution is 0.359. The van der Waals surface area contributed by atoms with E-state index in [4.69, 9.17) is 0 Å². The van der Waals surface area contributed by atoms with Crippen molar-refractivity contribution in [3.63, 3.8) is 0 Å². The van der Waals surface area contributed by atoms with Gasteiger partial charge in [0.05, 0.1) is 0 Å². The molecule has 2 atom stereocenters. The highest BCUT2D eigenvalue weighted by atomic mass is 79.9. The van der Waals surface area contributed by atoms with Gasteiger partial charge in [-0.1, -0.05) is 13.8 Å². The molecule has 1 aromatic heterocycles. The van der Waals surface area contributed by atoms with Gasteiger partial charge in [-0.15, -0.1) is 0 Å². The molecule has 1 N–H and O–H groups in total. The lowest BCUT2D eigenvalue weighted by Gasteiger charge is -2.26. The first-order chi connectivity index (χ1) is 7.31. The van der Waals surface area contributed by atoms with E-state index in [1.54, 1.807) is 11.3 Å². The van der Waals surface area contributed by atoms with E-state index >= 15 is 0 Å². The summed E-state index contributed by atoms with van der Waals surface area (Å²) in [6.07, 6.45) is 0. The van der Waals surface area contributed by atoms with Crippen LogP contribution in [0.1, 0.15) is 46.1 Å². The van der Waals surface area contributed by atoms with Crippen LogP contribution in [0, 0.1) is 5.92 Å². The summed E-state index contributed by atoms with van der Waals surface area (Å²) in [5, 5.41) is 7.99. The van der Waals surface area contributed by atoms with Crippen LogP contribution < -0.4 is 5.32 Å². The van der Waals surface area contributed by atoms with Crippen molar-refractivity contribution >= 4 is 27.3 Å². The van der Waals surface area contributed by atoms with Gasteiger partial charge in [0.2, 0.25) is 0 Å². The predicted octanol–water partition coefficient (Wildman–Crippen LogP) is 4.64. The molecule has 0 fully saturated rings. The Balaban J connectivity index is 2.55. The molecule has 0 bridgehead atoms. The van der Waals surface area contributed by atoms with Crippen molar-refractivity contribution in [1.82, 2.24) is 5.32 Å². The Hall–Kier alpha value is 0.140. The molecule has 0 aliphatic heterocycles. The van der Waals surface area contributed by atoms with E-state index in [1.807, 2.05) is 0 Å². The number of halogens is 1. The van der Waals surface area contributed by atoms with Crippen LogP contribution in [0.3, 0.4) is 0 Å². The number of nitrogens with one attached hydrogen (secondary N) is 1. The van der Waals surface area contributed by atoms with Crippen molar-refractivity contribution < 1.29 is 0 Å². The smallest absolute Gasteiger partial charge is 0.0317 e. The second-order valence-corrected chi connectivity index (χ2v) is 7.17. The van der Waals surface area contributed by atoms with Gasteiger partial charge < -0.3 is 5.32 Å². The Kier molecular flexibility index (Phi) is 5.02. The van der Waals surface area contributed by atoms with E-state index in [-0.39, 0.29) is 5.54 Å². The third kappa shape index (κ3) is 4.19. The molecule has 2 unspecified atom stereocenters. The van der Waals surface area contributed by atoms with Crippen molar-refractivity contribution in [1.29, 1.82) is 0 Å². The highest BCUT2D eigenvalue weighted by Crippen LogP contribution is 2.32. The van der Waals surface area contributed by atoms with Crippen molar-refractivity contribution in [3.05, 3.63) is 20.8 Å². The molecule has 16 heavy (non-hydrogen) atoms. The van der Waals surface area contributed by atoms with Crippen molar-refractivity contribution in [3.8, 4) is 0 Å². The Morgan fingerprint density at radius 2 is 1.94 bits per heavy atom. The fourth-order valence-corrected chi connectivity index (χ4v) is 3.33. The Labute approximate surface area is 112 Å². The van der Waals surface area contributed by atoms with Gasteiger partial charge in [0.15, 0.2) is 0 Å². The van der Waals surface area contributed by atoms with Crippen LogP contribution in [0.5, 0.6) is 0 Å². The van der Waals surface area contributed by atoms with Crippen molar-refractivity contribution in [2.75, 3.05) is 6.54 Å². The monoisotopic (exact) mass is 303 g/mol. The van der Waals surface area contributed by atoms with E-state index in [0.29, 0.717) is 11.8 Å². The highest BCUT2D eigenvalue weighted by Gasteiger charge is 2.19. The molecule has 0 saturated carbocycles. The number of hydrogen-bond donors (Lipinski definition) is 1. The minimum atomic E-state index is 0.208. The standard InChI is InChI=1S/C13H22BrNS/c1-9(6-15-13(3,4)5)10(2)11-7-16-8-12(11)14/h7-10,15H,6H2,1-5H3. The molecule has 0 aromatic carbocycles. The first-order valence-electron chi connectivity index (χ1n) is 5.78. The van der Waals surface area contributed by atoms with E-state index in [9.17, 15) is 0 Å². The van der Waals surface area contributed by atoms with Gasteiger partial charge in [0.1, 0.15) is 0 Å². The third-order valence-electron chi connectivity index (χ3n) is 2.94. The summed E-state index contributed by atoms with van der Waals surface area (Å²) in [7, 11) is 0. The van der Waals surface area contributed by atoms with Gasteiger partial charge in [0, 0.05) is 15.4 Å². The molecule has 0 amide bonds. The molecule has 0 spiro atoms. The Bertz CT molecular complexity index is 327. The summed E-state index contributed by atoms with van der Waals surface area (Å²) in [6, 6.07) is 0. The average molecular weight is 304 g/mol. The maximum absolute atomic E-state index is 3.62. The summed E-state index contributed by atoms with van der Waals surface area (Å²) >= 11 is 5.38. The third-order valence-corrected chi connectivity index (χ3v) is 4.69. The molecule has 3 heteroatoms. The second-order valence-electron chi connectivity index (χ2n) is 5.57. The van der Waals surface area contributed by atoms with Gasteiger partial charge in [-0.05, 0) is 66.0 Å². The van der Waals surface area contributed by atoms with E-state index in [2.05, 4.69) is 66.6 Å². The summed E-state index contributed by atoms with van der Waals surface area (Å²) in [5.74, 6) is 1.24. The number of thiophene rings is 1. The average Bonchev–Trinajstić information content (AvgIpc) is 2.58. The fraction of sp³-hybridized carbons (Fsp3) is 0.692. The molecular formula is C13H22BrNS. The largest absolute Gasteiger partial charge is 0.312 e. The fourth-order valence-electron chi connectivity index (χ4n) is 1.57. The van der Waals surface area contributed by atoms with Crippen LogP contribution in [0.4, 0.5) is 0 Å². The zero-order chi connectivity index (χ0) is 12.3. The second kappa shape index (κ2) is 5.65. The maximum Gasteiger partial charge on any atom is 0.0317 e. The van der Waals surface area contributed by atoms with Gasteiger partial charge >= 0.3 is 0 Å². The van der Waals surface area contributed by atoms with Crippen molar-refractivity contribution in [2.24, 2.45) is 5.92 Å². The first-order valence-corrected chi connectivity index (χ1v) is 7.51. The number of rotatable bonds is 4. The van der Waals surface area contributed by atoms with Gasteiger partial charge in [0.25, 0.3) is 0 Å². The van der Waals surface area contributed by atoms with Crippen molar-refractivity contribution in [2.45, 2.75) is 46.1 Å². The van der Waals surface area contributed by atoms with Gasteiger partial charge in [-0.2, -0.15) is 11.3 Å². The SMILES string of the molecule is CC(CNC(C)(C)C)C(C)c1cscc1Br. The molecule has 1 nitrogen and oxygen atoms in total. The van der Waals surface area contributed by atoms with Crippen LogP contribution in [0.2, 0.25) is 0 Å². The minimum absolute atomic E-state index is 0.208. The number of hydrogen-bond acceptors (Lipinski definition) is 2. The van der Waals surface area contributed by atoms with Crippen LogP contribution in [-0.2, 0) is 0 Å². The van der Waals surface area contributed by atoms with E-state index in [0.717, 1.165) is 6.54 Å². The van der Waals surface area contributed by atoms with Gasteiger partial charge in [-0.3, -0.25) is 0 Å². The lowest BCUT2D eigenvalue weighted by atomic mass is 9.90. The molecule has 1 aromatic rings. The zero-order valence-corrected chi connectivity index (χ0v) is 13.2. The Morgan fingerprint density at radius 3 is 2.38 bits per heavy atom. The Morgan fingerprint density at radius 1 is 1.31 bits per heavy atom. The predicted molar refractivity (Wildman–Crippen MR) is 77.4 cm³/mol. The summed E-state index contributed by atoms with van der Waals surface area (Å²) in [5.41, 5.74) is 1.65. The molecule has 0 saturated heterocycles. The molecule has 1 heterocycles.